The molecule has 27 heavy (non-hydrogen) atoms. The number of nitrogens with zero attached hydrogens (tertiary/aromatic N) is 4. The summed E-state index contributed by atoms with van der Waals surface area (Å²) in [5.74, 6) is 0.212. The second kappa shape index (κ2) is 7.53. The van der Waals surface area contributed by atoms with Crippen LogP contribution >= 0.6 is 11.6 Å². The second-order valence-corrected chi connectivity index (χ2v) is 6.11. The zero-order chi connectivity index (χ0) is 19.6. The van der Waals surface area contributed by atoms with Gasteiger partial charge in [0.25, 0.3) is 0 Å². The Hall–Kier alpha value is -2.65. The third-order valence-corrected chi connectivity index (χ3v) is 4.18. The van der Waals surface area contributed by atoms with Gasteiger partial charge in [0.15, 0.2) is 5.82 Å². The normalized spacial score (nSPS) is 11.7. The molecule has 0 saturated carbocycles. The summed E-state index contributed by atoms with van der Waals surface area (Å²) in [5, 5.41) is 4.57. The molecule has 6 nitrogen and oxygen atoms in total. The van der Waals surface area contributed by atoms with Gasteiger partial charge in [0, 0.05) is 24.5 Å². The predicted octanol–water partition coefficient (Wildman–Crippen LogP) is 3.12. The second-order valence-electron chi connectivity index (χ2n) is 5.71. The first-order valence-corrected chi connectivity index (χ1v) is 8.38. The van der Waals surface area contributed by atoms with Crippen LogP contribution in [0.15, 0.2) is 47.5 Å². The Kier molecular flexibility index (Phi) is 5.33. The van der Waals surface area contributed by atoms with E-state index < -0.39 is 17.4 Å². The average molecular weight is 398 g/mol. The van der Waals surface area contributed by atoms with E-state index >= 15 is 0 Å². The highest BCUT2D eigenvalue weighted by atomic mass is 35.5. The fraction of sp³-hybridized carbons (Fsp3) is 0.235. The van der Waals surface area contributed by atoms with Crippen molar-refractivity contribution in [2.24, 2.45) is 5.73 Å². The summed E-state index contributed by atoms with van der Waals surface area (Å²) in [6.07, 6.45) is -1.06. The molecular formula is C17H15ClF3N5O. The lowest BCUT2D eigenvalue weighted by Gasteiger charge is -2.09. The summed E-state index contributed by atoms with van der Waals surface area (Å²) in [7, 11) is 0. The first kappa shape index (κ1) is 19.1. The number of hydrogen-bond acceptors (Lipinski definition) is 4. The van der Waals surface area contributed by atoms with Gasteiger partial charge in [0.2, 0.25) is 0 Å². The summed E-state index contributed by atoms with van der Waals surface area (Å²) in [4.78, 5) is 16.7. The zero-order valence-corrected chi connectivity index (χ0v) is 14.7. The topological polar surface area (TPSA) is 78.7 Å². The summed E-state index contributed by atoms with van der Waals surface area (Å²) >= 11 is 6.17. The van der Waals surface area contributed by atoms with Crippen LogP contribution in [0.2, 0.25) is 5.02 Å². The summed E-state index contributed by atoms with van der Waals surface area (Å²) in [6.45, 7) is 0.642. The largest absolute Gasteiger partial charge is 0.416 e. The van der Waals surface area contributed by atoms with Crippen LogP contribution in [0.4, 0.5) is 13.2 Å². The highest BCUT2D eigenvalue weighted by Gasteiger charge is 2.30. The molecule has 0 aliphatic carbocycles. The van der Waals surface area contributed by atoms with Crippen LogP contribution in [0.5, 0.6) is 0 Å². The molecule has 0 aliphatic heterocycles. The van der Waals surface area contributed by atoms with Gasteiger partial charge in [-0.05, 0) is 43.3 Å². The molecule has 2 N–H and O–H groups in total. The van der Waals surface area contributed by atoms with Crippen LogP contribution in [0.25, 0.3) is 17.1 Å². The molecule has 0 spiro atoms. The van der Waals surface area contributed by atoms with Crippen LogP contribution in [-0.2, 0) is 12.7 Å². The van der Waals surface area contributed by atoms with E-state index in [1.807, 2.05) is 0 Å². The Bertz CT molecular complexity index is 995. The van der Waals surface area contributed by atoms with Crippen LogP contribution in [0.3, 0.4) is 0 Å². The SMILES string of the molecule is NCCCn1nc(-c2ccncc2Cl)n(-c2ccc(C(F)(F)F)cc2)c1=O. The van der Waals surface area contributed by atoms with Gasteiger partial charge in [0.05, 0.1) is 16.3 Å². The van der Waals surface area contributed by atoms with Crippen molar-refractivity contribution in [1.29, 1.82) is 0 Å². The molecule has 1 aromatic carbocycles. The van der Waals surface area contributed by atoms with Gasteiger partial charge in [-0.25, -0.2) is 14.0 Å². The molecule has 0 bridgehead atoms. The molecule has 3 rings (SSSR count). The maximum atomic E-state index is 12.8. The number of pyridine rings is 1. The lowest BCUT2D eigenvalue weighted by Crippen LogP contribution is -2.25. The molecule has 0 amide bonds. The van der Waals surface area contributed by atoms with Crippen molar-refractivity contribution in [2.75, 3.05) is 6.54 Å². The number of nitrogens with two attached hydrogens (primary N) is 1. The van der Waals surface area contributed by atoms with Gasteiger partial charge >= 0.3 is 11.9 Å². The minimum absolute atomic E-state index is 0.212. The lowest BCUT2D eigenvalue weighted by atomic mass is 10.2. The maximum Gasteiger partial charge on any atom is 0.416 e. The van der Waals surface area contributed by atoms with E-state index in [1.165, 1.54) is 33.8 Å². The Labute approximate surface area is 157 Å². The fourth-order valence-electron chi connectivity index (χ4n) is 2.56. The van der Waals surface area contributed by atoms with Gasteiger partial charge in [-0.3, -0.25) is 4.98 Å². The van der Waals surface area contributed by atoms with Crippen LogP contribution in [0, 0.1) is 0 Å². The smallest absolute Gasteiger partial charge is 0.330 e. The average Bonchev–Trinajstić information content (AvgIpc) is 2.96. The molecular weight excluding hydrogens is 383 g/mol. The van der Waals surface area contributed by atoms with Gasteiger partial charge in [-0.15, -0.1) is 5.10 Å². The minimum Gasteiger partial charge on any atom is -0.330 e. The molecule has 0 fully saturated rings. The Morgan fingerprint density at radius 2 is 1.85 bits per heavy atom. The van der Waals surface area contributed by atoms with E-state index in [1.54, 1.807) is 6.07 Å². The number of halogens is 4. The molecule has 0 radical (unpaired) electrons. The molecule has 0 aliphatic rings. The van der Waals surface area contributed by atoms with Crippen molar-refractivity contribution >= 4 is 11.6 Å². The van der Waals surface area contributed by atoms with Crippen molar-refractivity contribution < 1.29 is 13.2 Å². The Balaban J connectivity index is 2.17. The number of rotatable bonds is 5. The molecule has 0 unspecified atom stereocenters. The van der Waals surface area contributed by atoms with E-state index in [9.17, 15) is 18.0 Å². The standard InChI is InChI=1S/C17H15ClF3N5O/c18-14-10-23-8-6-13(14)15-24-25(9-1-7-22)16(27)26(15)12-4-2-11(3-5-12)17(19,20)21/h2-6,8,10H,1,7,9,22H2. The monoisotopic (exact) mass is 397 g/mol. The van der Waals surface area contributed by atoms with E-state index in [0.717, 1.165) is 12.1 Å². The molecule has 0 atom stereocenters. The molecule has 142 valence electrons. The van der Waals surface area contributed by atoms with Gasteiger partial charge in [-0.2, -0.15) is 13.2 Å². The number of aryl methyl sites for hydroxylation is 1. The van der Waals surface area contributed by atoms with Crippen LogP contribution in [0.1, 0.15) is 12.0 Å². The third kappa shape index (κ3) is 3.88. The number of alkyl halides is 3. The van der Waals surface area contributed by atoms with E-state index in [0.29, 0.717) is 18.5 Å². The first-order chi connectivity index (χ1) is 12.8. The van der Waals surface area contributed by atoms with Gasteiger partial charge < -0.3 is 5.73 Å². The third-order valence-electron chi connectivity index (χ3n) is 3.88. The predicted molar refractivity (Wildman–Crippen MR) is 94.7 cm³/mol. The van der Waals surface area contributed by atoms with Crippen molar-refractivity contribution in [3.8, 4) is 17.1 Å². The Morgan fingerprint density at radius 3 is 2.44 bits per heavy atom. The highest BCUT2D eigenvalue weighted by Crippen LogP contribution is 2.31. The quantitative estimate of drug-likeness (QED) is 0.717. The van der Waals surface area contributed by atoms with Crippen LogP contribution in [-0.4, -0.2) is 25.9 Å². The fourth-order valence-corrected chi connectivity index (χ4v) is 2.76. The minimum atomic E-state index is -4.47. The van der Waals surface area contributed by atoms with Crippen molar-refractivity contribution in [2.45, 2.75) is 19.1 Å². The molecule has 10 heteroatoms. The number of aromatic nitrogens is 4. The zero-order valence-electron chi connectivity index (χ0n) is 13.9. The van der Waals surface area contributed by atoms with Gasteiger partial charge in [0.1, 0.15) is 0 Å². The maximum absolute atomic E-state index is 12.8. The van der Waals surface area contributed by atoms with E-state index in [-0.39, 0.29) is 23.1 Å². The molecule has 2 heterocycles. The lowest BCUT2D eigenvalue weighted by molar-refractivity contribution is -0.137. The highest BCUT2D eigenvalue weighted by molar-refractivity contribution is 6.33. The summed E-state index contributed by atoms with van der Waals surface area (Å²) in [5.41, 5.74) is 4.87. The van der Waals surface area contributed by atoms with E-state index in [4.69, 9.17) is 17.3 Å². The van der Waals surface area contributed by atoms with Crippen LogP contribution < -0.4 is 11.4 Å². The van der Waals surface area contributed by atoms with Crippen molar-refractivity contribution in [1.82, 2.24) is 19.3 Å². The van der Waals surface area contributed by atoms with Crippen molar-refractivity contribution in [3.63, 3.8) is 0 Å². The molecule has 2 aromatic heterocycles. The summed E-state index contributed by atoms with van der Waals surface area (Å²) in [6, 6.07) is 5.85. The number of benzene rings is 1. The first-order valence-electron chi connectivity index (χ1n) is 8.00. The van der Waals surface area contributed by atoms with Crippen molar-refractivity contribution in [3.05, 3.63) is 63.8 Å². The molecule has 3 aromatic rings. The number of hydrogen-bond donors (Lipinski definition) is 1. The van der Waals surface area contributed by atoms with E-state index in [2.05, 4.69) is 10.1 Å². The van der Waals surface area contributed by atoms with Gasteiger partial charge in [-0.1, -0.05) is 11.6 Å². The molecule has 0 saturated heterocycles. The summed E-state index contributed by atoms with van der Waals surface area (Å²) < 4.78 is 40.9. The Morgan fingerprint density at radius 1 is 1.15 bits per heavy atom.